The molecular weight excluding hydrogens is 409 g/mol. The minimum absolute atomic E-state index is 0.232. The summed E-state index contributed by atoms with van der Waals surface area (Å²) in [6.07, 6.45) is 1.65. The van der Waals surface area contributed by atoms with Crippen LogP contribution in [0.3, 0.4) is 0 Å². The number of pyridine rings is 1. The number of carbonyl (C=O) groups is 1. The molecule has 3 heterocycles. The molecule has 0 saturated carbocycles. The Balaban J connectivity index is 1.99. The van der Waals surface area contributed by atoms with Crippen molar-refractivity contribution >= 4 is 11.7 Å². The zero-order valence-corrected chi connectivity index (χ0v) is 19.1. The molecule has 168 valence electrons. The second-order valence-electron chi connectivity index (χ2n) is 9.07. The first kappa shape index (κ1) is 22.0. The highest BCUT2D eigenvalue weighted by Gasteiger charge is 2.29. The monoisotopic (exact) mass is 437 g/mol. The average Bonchev–Trinajstić information content (AvgIpc) is 3.07. The predicted molar refractivity (Wildman–Crippen MR) is 122 cm³/mol. The van der Waals surface area contributed by atoms with Crippen LogP contribution in [0.25, 0.3) is 22.4 Å². The van der Waals surface area contributed by atoms with Crippen LogP contribution >= 0.6 is 0 Å². The van der Waals surface area contributed by atoms with Gasteiger partial charge in [-0.05, 0) is 58.2 Å². The summed E-state index contributed by atoms with van der Waals surface area (Å²) in [4.78, 5) is 18.5. The summed E-state index contributed by atoms with van der Waals surface area (Å²) in [5.41, 5.74) is 3.76. The normalized spacial score (nSPS) is 14.2. The number of amides is 1. The maximum Gasteiger partial charge on any atom is 0.222 e. The summed E-state index contributed by atoms with van der Waals surface area (Å²) in [7, 11) is 2.07. The highest BCUT2D eigenvalue weighted by molar-refractivity contribution is 5.93. The number of ether oxygens (including phenoxy) is 1. The van der Waals surface area contributed by atoms with E-state index >= 15 is 0 Å². The lowest BCUT2D eigenvalue weighted by Crippen LogP contribution is -2.31. The van der Waals surface area contributed by atoms with Gasteiger partial charge in [-0.2, -0.15) is 5.10 Å². The number of halogens is 1. The Morgan fingerprint density at radius 2 is 1.88 bits per heavy atom. The number of benzene rings is 1. The Morgan fingerprint density at radius 3 is 2.53 bits per heavy atom. The minimum atomic E-state index is -0.523. The summed E-state index contributed by atoms with van der Waals surface area (Å²) in [6, 6.07) is 8.22. The van der Waals surface area contributed by atoms with Gasteiger partial charge in [0.15, 0.2) is 11.6 Å². The largest absolute Gasteiger partial charge is 0.484 e. The maximum absolute atomic E-state index is 13.6. The van der Waals surface area contributed by atoms with Gasteiger partial charge in [0.1, 0.15) is 17.1 Å². The smallest absolute Gasteiger partial charge is 0.222 e. The number of fused-ring (bicyclic) bond motifs is 1. The Bertz CT molecular complexity index is 1150. The second-order valence-corrected chi connectivity index (χ2v) is 9.07. The molecule has 0 radical (unpaired) electrons. The van der Waals surface area contributed by atoms with Crippen LogP contribution < -0.4 is 10.1 Å². The van der Waals surface area contributed by atoms with Gasteiger partial charge in [-0.3, -0.25) is 14.4 Å². The molecule has 32 heavy (non-hydrogen) atoms. The van der Waals surface area contributed by atoms with Gasteiger partial charge in [0.2, 0.25) is 5.91 Å². The molecule has 7 nitrogen and oxygen atoms in total. The third kappa shape index (κ3) is 4.50. The first-order valence-electron chi connectivity index (χ1n) is 10.6. The van der Waals surface area contributed by atoms with Gasteiger partial charge in [-0.1, -0.05) is 0 Å². The molecule has 2 aromatic heterocycles. The summed E-state index contributed by atoms with van der Waals surface area (Å²) in [5, 5.41) is 7.69. The van der Waals surface area contributed by atoms with Gasteiger partial charge in [0, 0.05) is 42.9 Å². The standard InChI is InChI=1S/C24H28FN5O2/c1-15(31)27-23-22(32-24(2,3)4)18(10-11-26-23)20-19-14-29(5)12-13-30(19)28-21(20)16-6-8-17(25)9-7-16/h6-11H,12-14H2,1-5H3,(H,26,27,31). The molecule has 0 saturated heterocycles. The topological polar surface area (TPSA) is 72.3 Å². The van der Waals surface area contributed by atoms with Crippen LogP contribution in [0.2, 0.25) is 0 Å². The Morgan fingerprint density at radius 1 is 1.16 bits per heavy atom. The zero-order chi connectivity index (χ0) is 23.0. The van der Waals surface area contributed by atoms with E-state index in [2.05, 4.69) is 22.2 Å². The molecule has 0 atom stereocenters. The van der Waals surface area contributed by atoms with Crippen LogP contribution in [-0.2, 0) is 17.9 Å². The maximum atomic E-state index is 13.6. The highest BCUT2D eigenvalue weighted by Crippen LogP contribution is 2.44. The molecule has 0 spiro atoms. The molecule has 1 amide bonds. The van der Waals surface area contributed by atoms with Crippen molar-refractivity contribution in [2.75, 3.05) is 18.9 Å². The van der Waals surface area contributed by atoms with Crippen molar-refractivity contribution in [3.63, 3.8) is 0 Å². The van der Waals surface area contributed by atoms with E-state index < -0.39 is 5.60 Å². The van der Waals surface area contributed by atoms with Crippen molar-refractivity contribution < 1.29 is 13.9 Å². The van der Waals surface area contributed by atoms with Crippen LogP contribution in [0.15, 0.2) is 36.5 Å². The lowest BCUT2D eigenvalue weighted by atomic mass is 9.97. The molecule has 0 aliphatic carbocycles. The number of carbonyl (C=O) groups excluding carboxylic acids is 1. The van der Waals surface area contributed by atoms with E-state index in [-0.39, 0.29) is 11.7 Å². The molecule has 0 fully saturated rings. The molecule has 1 aliphatic heterocycles. The van der Waals surface area contributed by atoms with Crippen LogP contribution in [-0.4, -0.2) is 44.8 Å². The van der Waals surface area contributed by atoms with Gasteiger partial charge < -0.3 is 10.1 Å². The number of hydrogen-bond acceptors (Lipinski definition) is 5. The van der Waals surface area contributed by atoms with Gasteiger partial charge in [0.05, 0.1) is 12.2 Å². The number of rotatable bonds is 4. The van der Waals surface area contributed by atoms with Crippen LogP contribution in [0.4, 0.5) is 10.2 Å². The average molecular weight is 438 g/mol. The van der Waals surface area contributed by atoms with E-state index in [0.717, 1.165) is 41.2 Å². The zero-order valence-electron chi connectivity index (χ0n) is 19.1. The molecule has 1 aliphatic rings. The molecule has 1 aromatic carbocycles. The van der Waals surface area contributed by atoms with Crippen LogP contribution in [0.1, 0.15) is 33.4 Å². The molecule has 3 aromatic rings. The van der Waals surface area contributed by atoms with E-state index in [0.29, 0.717) is 18.1 Å². The van der Waals surface area contributed by atoms with Crippen molar-refractivity contribution in [3.8, 4) is 28.1 Å². The fourth-order valence-electron chi connectivity index (χ4n) is 3.85. The highest BCUT2D eigenvalue weighted by atomic mass is 19.1. The summed E-state index contributed by atoms with van der Waals surface area (Å²) in [6.45, 7) is 9.62. The van der Waals surface area contributed by atoms with Crippen LogP contribution in [0.5, 0.6) is 5.75 Å². The number of likely N-dealkylation sites (N-methyl/N-ethyl adjacent to an activating group) is 1. The summed E-state index contributed by atoms with van der Waals surface area (Å²) < 4.78 is 22.0. The van der Waals surface area contributed by atoms with Crippen molar-refractivity contribution in [2.45, 2.75) is 46.4 Å². The van der Waals surface area contributed by atoms with Gasteiger partial charge >= 0.3 is 0 Å². The second kappa shape index (κ2) is 8.35. The van der Waals surface area contributed by atoms with Gasteiger partial charge in [-0.25, -0.2) is 9.37 Å². The fraction of sp³-hybridized carbons (Fsp3) is 0.375. The number of anilines is 1. The Hall–Kier alpha value is -3.26. The van der Waals surface area contributed by atoms with E-state index in [1.54, 1.807) is 18.3 Å². The van der Waals surface area contributed by atoms with Gasteiger partial charge in [-0.15, -0.1) is 0 Å². The third-order valence-corrected chi connectivity index (χ3v) is 5.17. The predicted octanol–water partition coefficient (Wildman–Crippen LogP) is 4.33. The first-order chi connectivity index (χ1) is 15.1. The number of hydrogen-bond donors (Lipinski definition) is 1. The first-order valence-corrected chi connectivity index (χ1v) is 10.6. The summed E-state index contributed by atoms with van der Waals surface area (Å²) >= 11 is 0. The van der Waals surface area contributed by atoms with Gasteiger partial charge in [0.25, 0.3) is 0 Å². The minimum Gasteiger partial charge on any atom is -0.484 e. The van der Waals surface area contributed by atoms with Crippen molar-refractivity contribution in [1.29, 1.82) is 0 Å². The van der Waals surface area contributed by atoms with Crippen molar-refractivity contribution in [2.24, 2.45) is 0 Å². The van der Waals surface area contributed by atoms with E-state index in [1.165, 1.54) is 19.1 Å². The third-order valence-electron chi connectivity index (χ3n) is 5.17. The number of nitrogens with zero attached hydrogens (tertiary/aromatic N) is 4. The van der Waals surface area contributed by atoms with E-state index in [4.69, 9.17) is 9.84 Å². The lowest BCUT2D eigenvalue weighted by Gasteiger charge is -2.27. The molecule has 4 rings (SSSR count). The van der Waals surface area contributed by atoms with E-state index in [9.17, 15) is 9.18 Å². The molecule has 1 N–H and O–H groups in total. The van der Waals surface area contributed by atoms with Crippen LogP contribution in [0, 0.1) is 5.82 Å². The molecular formula is C24H28FN5O2. The Kier molecular flexibility index (Phi) is 5.73. The quantitative estimate of drug-likeness (QED) is 0.658. The Labute approximate surface area is 187 Å². The summed E-state index contributed by atoms with van der Waals surface area (Å²) in [5.74, 6) is 0.318. The van der Waals surface area contributed by atoms with Crippen molar-refractivity contribution in [3.05, 3.63) is 48.0 Å². The molecule has 0 bridgehead atoms. The SMILES string of the molecule is CC(=O)Nc1nccc(-c2c(-c3ccc(F)cc3)nn3c2CN(C)CC3)c1OC(C)(C)C. The lowest BCUT2D eigenvalue weighted by molar-refractivity contribution is -0.114. The number of nitrogens with one attached hydrogen (secondary N) is 1. The fourth-order valence-corrected chi connectivity index (χ4v) is 3.85. The molecule has 0 unspecified atom stereocenters. The van der Waals surface area contributed by atoms with Crippen molar-refractivity contribution in [1.82, 2.24) is 19.7 Å². The molecule has 8 heteroatoms. The van der Waals surface area contributed by atoms with E-state index in [1.807, 2.05) is 31.5 Å². The number of aromatic nitrogens is 3.